The maximum atomic E-state index is 12.0. The molecule has 32 heteroatoms. The molecule has 1 saturated carbocycles. The van der Waals surface area contributed by atoms with E-state index >= 15 is 0 Å². The summed E-state index contributed by atoms with van der Waals surface area (Å²) in [7, 11) is 12.7. The maximum Gasteiger partial charge on any atom is 0.414 e. The number of urea groups is 1. The molecule has 120 heavy (non-hydrogen) atoms. The van der Waals surface area contributed by atoms with Crippen LogP contribution in [0.5, 0.6) is 5.75 Å². The van der Waals surface area contributed by atoms with E-state index in [-0.39, 0.29) is 42.9 Å². The molecule has 0 atom stereocenters. The van der Waals surface area contributed by atoms with Crippen LogP contribution in [0.25, 0.3) is 11.4 Å². The van der Waals surface area contributed by atoms with Crippen LogP contribution < -0.4 is 71.0 Å². The molecule has 4 fully saturated rings. The second-order valence-corrected chi connectivity index (χ2v) is 32.6. The first-order valence-electron chi connectivity index (χ1n) is 40.1. The number of aryl methyl sites for hydroxylation is 2. The van der Waals surface area contributed by atoms with Crippen molar-refractivity contribution in [1.82, 2.24) is 40.2 Å². The van der Waals surface area contributed by atoms with Crippen LogP contribution in [0.15, 0.2) is 189 Å². The lowest BCUT2D eigenvalue weighted by atomic mass is 9.96. The number of rotatable bonds is 24. The summed E-state index contributed by atoms with van der Waals surface area (Å²) in [5, 5.41) is 31.4. The molecular formula is C88H121N19O11S2. The van der Waals surface area contributed by atoms with Crippen LogP contribution >= 0.6 is 0 Å². The fourth-order valence-corrected chi connectivity index (χ4v) is 14.6. The average molecular weight is 1690 g/mol. The second-order valence-electron chi connectivity index (χ2n) is 28.8. The Morgan fingerprint density at radius 3 is 1.57 bits per heavy atom. The number of hydrogen-bond donors (Lipinski definition) is 9. The van der Waals surface area contributed by atoms with Gasteiger partial charge in [-0.3, -0.25) is 32.9 Å². The Kier molecular flexibility index (Phi) is 38.4. The van der Waals surface area contributed by atoms with Gasteiger partial charge in [0, 0.05) is 179 Å². The molecule has 6 amide bonds. The summed E-state index contributed by atoms with van der Waals surface area (Å²) in [6.07, 6.45) is 18.7. The van der Waals surface area contributed by atoms with Gasteiger partial charge < -0.3 is 72.0 Å². The number of methoxy groups -OCH3 is 1. The van der Waals surface area contributed by atoms with Crippen molar-refractivity contribution in [1.29, 1.82) is 0 Å². The normalized spacial score (nSPS) is 13.5. The van der Waals surface area contributed by atoms with E-state index in [0.29, 0.717) is 50.1 Å². The van der Waals surface area contributed by atoms with Crippen molar-refractivity contribution in [3.05, 3.63) is 211 Å². The first kappa shape index (κ1) is 94.8. The van der Waals surface area contributed by atoms with E-state index in [1.54, 1.807) is 92.5 Å². The minimum absolute atomic E-state index is 0.0539. The molecule has 0 bridgehead atoms. The van der Waals surface area contributed by atoms with Crippen LogP contribution in [0.4, 0.5) is 72.2 Å². The number of cyclic esters (lactones) is 1. The predicted molar refractivity (Wildman–Crippen MR) is 486 cm³/mol. The van der Waals surface area contributed by atoms with Gasteiger partial charge in [0.1, 0.15) is 25.2 Å². The SMILES string of the molecule is CNc1ccc(N2CCCCC2=O)c(OC)c1.CNc1ccc(N2CCCOC2=O)c(C)c1.CNc1cccc(-c2ncnn2C)c1.CNc1cccc(CNC(=O)NC2CCCCC2)c1.CNc1cccc(Cc2ccncc2)c1.CNc1cccc(N(CC(=O)N(C)C)S(C)(=O)=O)c1.CNc1cccc(N(CC(=O)N2CCC2)S(C)(=O)=O)c1. The van der Waals surface area contributed by atoms with Crippen molar-refractivity contribution in [2.75, 3.05) is 185 Å². The lowest BCUT2D eigenvalue weighted by Crippen LogP contribution is -2.48. The molecular weight excluding hydrogens is 1560 g/mol. The summed E-state index contributed by atoms with van der Waals surface area (Å²) in [6, 6.07) is 54.6. The number of anilines is 11. The number of aromatic nitrogens is 4. The largest absolute Gasteiger partial charge is 0.494 e. The molecule has 13 rings (SSSR count). The summed E-state index contributed by atoms with van der Waals surface area (Å²) in [5.41, 5.74) is 15.5. The summed E-state index contributed by atoms with van der Waals surface area (Å²) in [5.74, 6) is 1.37. The van der Waals surface area contributed by atoms with E-state index in [9.17, 15) is 40.8 Å². The number of pyridine rings is 1. The lowest BCUT2D eigenvalue weighted by molar-refractivity contribution is -0.133. The molecule has 3 aliphatic heterocycles. The van der Waals surface area contributed by atoms with Crippen molar-refractivity contribution in [3.8, 4) is 17.1 Å². The van der Waals surface area contributed by atoms with Crippen molar-refractivity contribution < 1.29 is 50.3 Å². The highest BCUT2D eigenvalue weighted by Gasteiger charge is 2.29. The molecule has 4 aliphatic rings. The molecule has 30 nitrogen and oxygen atoms in total. The Labute approximate surface area is 708 Å². The van der Waals surface area contributed by atoms with Gasteiger partial charge in [-0.05, 0) is 189 Å². The number of likely N-dealkylation sites (N-methyl/N-ethyl adjacent to an activating group) is 1. The van der Waals surface area contributed by atoms with E-state index < -0.39 is 20.0 Å². The topological polar surface area (TPSA) is 343 Å². The number of ether oxygens (including phenoxy) is 2. The predicted octanol–water partition coefficient (Wildman–Crippen LogP) is 13.0. The third-order valence-corrected chi connectivity index (χ3v) is 22.1. The Hall–Kier alpha value is -12.3. The molecule has 0 unspecified atom stereocenters. The van der Waals surface area contributed by atoms with Crippen molar-refractivity contribution in [3.63, 3.8) is 0 Å². The first-order valence-corrected chi connectivity index (χ1v) is 43.8. The van der Waals surface area contributed by atoms with Gasteiger partial charge >= 0.3 is 12.1 Å². The Morgan fingerprint density at radius 1 is 0.542 bits per heavy atom. The molecule has 0 radical (unpaired) electrons. The van der Waals surface area contributed by atoms with E-state index in [1.807, 2.05) is 176 Å². The minimum atomic E-state index is -3.51. The van der Waals surface area contributed by atoms with E-state index in [1.165, 1.54) is 35.3 Å². The zero-order valence-corrected chi connectivity index (χ0v) is 73.3. The number of benzene rings is 7. The van der Waals surface area contributed by atoms with Crippen LogP contribution in [0, 0.1) is 6.92 Å². The molecule has 646 valence electrons. The number of nitrogens with one attached hydrogen (secondary N) is 9. The van der Waals surface area contributed by atoms with Gasteiger partial charge in [0.15, 0.2) is 5.82 Å². The fraction of sp³-hybridized carbons (Fsp3) is 0.386. The highest BCUT2D eigenvalue weighted by Crippen LogP contribution is 2.34. The number of hydrogen-bond acceptors (Lipinski definition) is 21. The molecule has 0 spiro atoms. The Balaban J connectivity index is 0.000000193. The van der Waals surface area contributed by atoms with E-state index in [0.717, 1.165) is 159 Å². The van der Waals surface area contributed by atoms with Gasteiger partial charge in [-0.15, -0.1) is 0 Å². The molecule has 2 aromatic heterocycles. The first-order chi connectivity index (χ1) is 57.6. The van der Waals surface area contributed by atoms with Gasteiger partial charge in [0.05, 0.1) is 49.0 Å². The Morgan fingerprint density at radius 2 is 1.06 bits per heavy atom. The number of sulfonamides is 2. The maximum absolute atomic E-state index is 12.0. The van der Waals surface area contributed by atoms with Gasteiger partial charge in [0.25, 0.3) is 0 Å². The van der Waals surface area contributed by atoms with Crippen LogP contribution in [-0.4, -0.2) is 211 Å². The second kappa shape index (κ2) is 48.5. The zero-order chi connectivity index (χ0) is 87.2. The van der Waals surface area contributed by atoms with Crippen LogP contribution in [0.3, 0.4) is 0 Å². The molecule has 7 aromatic carbocycles. The van der Waals surface area contributed by atoms with Gasteiger partial charge in [-0.25, -0.2) is 36.1 Å². The van der Waals surface area contributed by atoms with Crippen molar-refractivity contribution in [2.45, 2.75) is 90.1 Å². The number of amides is 6. The number of likely N-dealkylation sites (tertiary alicyclic amines) is 1. The van der Waals surface area contributed by atoms with Crippen molar-refractivity contribution in [2.24, 2.45) is 7.05 Å². The van der Waals surface area contributed by atoms with E-state index in [4.69, 9.17) is 9.47 Å². The highest BCUT2D eigenvalue weighted by atomic mass is 32.2. The minimum Gasteiger partial charge on any atom is -0.494 e. The molecule has 9 aromatic rings. The standard InChI is InChI=1S/C15H23N3O.C13H19N3O3S.C13H18N2O2.C13H14N2.C12H19N3O3S.C12H16N2O2.C10H12N4/c1-16-14-9-5-6-12(10-14)11-17-15(19)18-13-7-3-2-4-8-13;1-14-11-5-3-6-12(9-11)16(20(2,18)19)10-13(17)15-7-4-8-15;1-14-10-6-7-11(12(9-10)17-2)15-8-4-3-5-13(15)16;1-14-13-4-2-3-12(10-13)9-11-5-7-15-8-6-11;1-13-10-6-5-7-11(8-10)15(19(4,17)18)9-12(16)14(2)3;1-9-8-10(13-2)4-5-11(9)14-6-3-7-16-12(14)15;1-11-9-5-3-4-8(6-9)10-12-7-13-14(10)2/h5-6,9-10,13,16H,2-4,7-8,11H2,1H3,(H2,17,18,19);3,5-6,9,14H,4,7-8,10H2,1-2H3;6-7,9,14H,3-5,8H2,1-2H3;2-8,10,14H,9H2,1H3;5-8,13H,9H2,1-4H3;4-5,8,13H,3,6-7H2,1-2H3;3-7,11H,1-2H3. The van der Waals surface area contributed by atoms with Gasteiger partial charge in [-0.1, -0.05) is 67.8 Å². The number of carbonyl (C=O) groups excluding carboxylic acids is 5. The van der Waals surface area contributed by atoms with Crippen LogP contribution in [0.1, 0.15) is 86.5 Å². The van der Waals surface area contributed by atoms with Gasteiger partial charge in [0.2, 0.25) is 37.8 Å². The summed E-state index contributed by atoms with van der Waals surface area (Å²) in [4.78, 5) is 73.7. The third-order valence-electron chi connectivity index (χ3n) is 19.8. The smallest absolute Gasteiger partial charge is 0.414 e. The van der Waals surface area contributed by atoms with Crippen molar-refractivity contribution >= 4 is 112 Å². The molecule has 5 heterocycles. The Bertz CT molecular complexity index is 4970. The molecule has 1 aliphatic carbocycles. The number of nitrogens with zero attached hydrogens (tertiary/aromatic N) is 10. The highest BCUT2D eigenvalue weighted by molar-refractivity contribution is 7.92. The monoisotopic (exact) mass is 1680 g/mol. The zero-order valence-electron chi connectivity index (χ0n) is 71.7. The molecule has 3 saturated heterocycles. The van der Waals surface area contributed by atoms with Gasteiger partial charge in [-0.2, -0.15) is 5.10 Å². The number of carbonyl (C=O) groups is 5. The van der Waals surface area contributed by atoms with Crippen LogP contribution in [-0.2, 0) is 59.2 Å². The van der Waals surface area contributed by atoms with Crippen LogP contribution in [0.2, 0.25) is 0 Å². The summed E-state index contributed by atoms with van der Waals surface area (Å²) < 4.78 is 61.9. The third kappa shape index (κ3) is 30.6. The quantitative estimate of drug-likeness (QED) is 0.0271. The fourth-order valence-electron chi connectivity index (χ4n) is 12.9. The molecule has 9 N–H and O–H groups in total. The van der Waals surface area contributed by atoms with E-state index in [2.05, 4.69) is 87.2 Å². The lowest BCUT2D eigenvalue weighted by Gasteiger charge is -2.33. The summed E-state index contributed by atoms with van der Waals surface area (Å²) >= 11 is 0. The summed E-state index contributed by atoms with van der Waals surface area (Å²) in [6.45, 7) is 5.69. The number of piperidine rings is 1. The average Bonchev–Trinajstić information content (AvgIpc) is 1.01.